The van der Waals surface area contributed by atoms with Crippen LogP contribution in [-0.4, -0.2) is 11.9 Å². The van der Waals surface area contributed by atoms with Gasteiger partial charge >= 0.3 is 11.9 Å². The number of aryl methyl sites for hydroxylation is 1. The van der Waals surface area contributed by atoms with Gasteiger partial charge in [0, 0.05) is 0 Å². The van der Waals surface area contributed by atoms with Crippen LogP contribution in [0.3, 0.4) is 0 Å². The molecule has 0 fully saturated rings. The van der Waals surface area contributed by atoms with Crippen LogP contribution in [0.15, 0.2) is 55.1 Å². The Morgan fingerprint density at radius 2 is 1.33 bits per heavy atom. The quantitative estimate of drug-likeness (QED) is 0.285. The van der Waals surface area contributed by atoms with Crippen molar-refractivity contribution in [3.63, 3.8) is 0 Å². The fraction of sp³-hybridized carbons (Fsp3) is 0.333. The lowest BCUT2D eigenvalue weighted by atomic mass is 10.0. The number of unbranched alkanes of at least 4 members (excludes halogenated alkanes) is 5. The van der Waals surface area contributed by atoms with Gasteiger partial charge in [-0.1, -0.05) is 75.9 Å². The summed E-state index contributed by atoms with van der Waals surface area (Å²) >= 11 is 0. The number of benzene rings is 2. The first-order valence-electron chi connectivity index (χ1n) is 9.72. The number of carbonyl (C=O) groups is 2. The average molecular weight is 364 g/mol. The second kappa shape index (κ2) is 11.1. The van der Waals surface area contributed by atoms with Crippen LogP contribution in [0.25, 0.3) is 6.08 Å². The molecule has 0 amide bonds. The van der Waals surface area contributed by atoms with E-state index in [2.05, 4.69) is 13.5 Å². The second-order valence-corrected chi connectivity index (χ2v) is 6.72. The van der Waals surface area contributed by atoms with Gasteiger partial charge in [-0.2, -0.15) is 0 Å². The standard InChI is InChI=1S/C24H28O3/c1-3-5-6-7-8-9-10-20-13-17-22(18-14-20)24(26)27-23(25)21-15-11-19(4-2)12-16-21/h4,11-18H,2-3,5-10H2,1H3. The number of carbonyl (C=O) groups excluding carboxylic acids is 2. The molecule has 0 saturated heterocycles. The Labute approximate surface area is 162 Å². The van der Waals surface area contributed by atoms with E-state index in [1.54, 1.807) is 42.5 Å². The molecule has 0 aliphatic carbocycles. The Kier molecular flexibility index (Phi) is 8.50. The molecule has 2 aromatic carbocycles. The maximum absolute atomic E-state index is 12.2. The molecule has 0 aliphatic rings. The van der Waals surface area contributed by atoms with Gasteiger partial charge in [-0.05, 0) is 48.2 Å². The largest absolute Gasteiger partial charge is 0.386 e. The van der Waals surface area contributed by atoms with E-state index in [1.165, 1.54) is 37.7 Å². The van der Waals surface area contributed by atoms with Gasteiger partial charge in [0.2, 0.25) is 0 Å². The lowest BCUT2D eigenvalue weighted by Gasteiger charge is -2.05. The van der Waals surface area contributed by atoms with Gasteiger partial charge in [0.25, 0.3) is 0 Å². The third-order valence-electron chi connectivity index (χ3n) is 4.58. The van der Waals surface area contributed by atoms with Gasteiger partial charge in [0.1, 0.15) is 0 Å². The van der Waals surface area contributed by atoms with E-state index in [0.717, 1.165) is 18.4 Å². The average Bonchev–Trinajstić information content (AvgIpc) is 2.71. The topological polar surface area (TPSA) is 43.4 Å². The van der Waals surface area contributed by atoms with Crippen molar-refractivity contribution in [1.29, 1.82) is 0 Å². The van der Waals surface area contributed by atoms with Crippen LogP contribution in [0.2, 0.25) is 0 Å². The van der Waals surface area contributed by atoms with E-state index >= 15 is 0 Å². The predicted molar refractivity (Wildman–Crippen MR) is 110 cm³/mol. The molecule has 2 rings (SSSR count). The molecule has 0 heterocycles. The maximum atomic E-state index is 12.2. The van der Waals surface area contributed by atoms with E-state index in [4.69, 9.17) is 4.74 Å². The van der Waals surface area contributed by atoms with Crippen LogP contribution in [0.1, 0.15) is 77.3 Å². The van der Waals surface area contributed by atoms with Gasteiger partial charge in [-0.15, -0.1) is 0 Å². The first-order valence-corrected chi connectivity index (χ1v) is 9.72. The Morgan fingerprint density at radius 1 is 0.815 bits per heavy atom. The zero-order chi connectivity index (χ0) is 19.5. The summed E-state index contributed by atoms with van der Waals surface area (Å²) in [7, 11) is 0. The predicted octanol–water partition coefficient (Wildman–Crippen LogP) is 6.23. The van der Waals surface area contributed by atoms with Crippen LogP contribution in [0.4, 0.5) is 0 Å². The number of ether oxygens (including phenoxy) is 1. The van der Waals surface area contributed by atoms with Crippen molar-refractivity contribution in [2.24, 2.45) is 0 Å². The summed E-state index contributed by atoms with van der Waals surface area (Å²) in [5.41, 5.74) is 2.83. The van der Waals surface area contributed by atoms with Crippen LogP contribution < -0.4 is 0 Å². The summed E-state index contributed by atoms with van der Waals surface area (Å²) in [6, 6.07) is 14.1. The van der Waals surface area contributed by atoms with Crippen LogP contribution in [-0.2, 0) is 11.2 Å². The molecule has 142 valence electrons. The second-order valence-electron chi connectivity index (χ2n) is 6.72. The molecule has 2 aromatic rings. The molecular formula is C24H28O3. The monoisotopic (exact) mass is 364 g/mol. The summed E-state index contributed by atoms with van der Waals surface area (Å²) < 4.78 is 4.97. The highest BCUT2D eigenvalue weighted by Gasteiger charge is 2.14. The normalized spacial score (nSPS) is 10.4. The minimum Gasteiger partial charge on any atom is -0.386 e. The maximum Gasteiger partial charge on any atom is 0.346 e. The van der Waals surface area contributed by atoms with Crippen molar-refractivity contribution >= 4 is 18.0 Å². The van der Waals surface area contributed by atoms with Crippen molar-refractivity contribution in [3.05, 3.63) is 77.4 Å². The molecular weight excluding hydrogens is 336 g/mol. The molecule has 0 aromatic heterocycles. The summed E-state index contributed by atoms with van der Waals surface area (Å²) in [4.78, 5) is 24.2. The summed E-state index contributed by atoms with van der Waals surface area (Å²) in [5.74, 6) is -1.27. The number of rotatable bonds is 10. The van der Waals surface area contributed by atoms with Crippen LogP contribution in [0.5, 0.6) is 0 Å². The molecule has 0 N–H and O–H groups in total. The lowest BCUT2D eigenvalue weighted by molar-refractivity contribution is 0.0398. The van der Waals surface area contributed by atoms with Gasteiger partial charge < -0.3 is 4.74 Å². The highest BCUT2D eigenvalue weighted by molar-refractivity contribution is 6.02. The molecule has 0 radical (unpaired) electrons. The molecule has 0 bridgehead atoms. The third kappa shape index (κ3) is 6.86. The zero-order valence-corrected chi connectivity index (χ0v) is 16.1. The van der Waals surface area contributed by atoms with Crippen molar-refractivity contribution < 1.29 is 14.3 Å². The third-order valence-corrected chi connectivity index (χ3v) is 4.58. The minimum atomic E-state index is -0.647. The van der Waals surface area contributed by atoms with Gasteiger partial charge in [0.15, 0.2) is 0 Å². The lowest BCUT2D eigenvalue weighted by Crippen LogP contribution is -2.12. The smallest absolute Gasteiger partial charge is 0.346 e. The molecule has 3 heteroatoms. The molecule has 0 unspecified atom stereocenters. The highest BCUT2D eigenvalue weighted by atomic mass is 16.6. The molecule has 0 aliphatic heterocycles. The van der Waals surface area contributed by atoms with E-state index < -0.39 is 11.9 Å². The minimum absolute atomic E-state index is 0.341. The van der Waals surface area contributed by atoms with E-state index in [0.29, 0.717) is 11.1 Å². The molecule has 0 spiro atoms. The Balaban J connectivity index is 1.82. The van der Waals surface area contributed by atoms with Crippen molar-refractivity contribution in [2.75, 3.05) is 0 Å². The van der Waals surface area contributed by atoms with Crippen LogP contribution >= 0.6 is 0 Å². The Hall–Kier alpha value is -2.68. The fourth-order valence-corrected chi connectivity index (χ4v) is 2.87. The Morgan fingerprint density at radius 3 is 1.89 bits per heavy atom. The first-order chi connectivity index (χ1) is 13.1. The van der Waals surface area contributed by atoms with E-state index in [9.17, 15) is 9.59 Å². The van der Waals surface area contributed by atoms with Crippen LogP contribution in [0, 0.1) is 0 Å². The summed E-state index contributed by atoms with van der Waals surface area (Å²) in [5, 5.41) is 0. The van der Waals surface area contributed by atoms with Gasteiger partial charge in [0.05, 0.1) is 11.1 Å². The van der Waals surface area contributed by atoms with Crippen molar-refractivity contribution in [3.8, 4) is 0 Å². The zero-order valence-electron chi connectivity index (χ0n) is 16.1. The Bertz CT molecular complexity index is 742. The summed E-state index contributed by atoms with van der Waals surface area (Å²) in [6.45, 7) is 5.89. The first kappa shape index (κ1) is 20.6. The van der Waals surface area contributed by atoms with E-state index in [-0.39, 0.29) is 0 Å². The van der Waals surface area contributed by atoms with Gasteiger partial charge in [-0.3, -0.25) is 0 Å². The highest BCUT2D eigenvalue weighted by Crippen LogP contribution is 2.13. The SMILES string of the molecule is C=Cc1ccc(C(=O)OC(=O)c2ccc(CCCCCCCC)cc2)cc1. The van der Waals surface area contributed by atoms with Gasteiger partial charge in [-0.25, -0.2) is 9.59 Å². The molecule has 0 atom stereocenters. The fourth-order valence-electron chi connectivity index (χ4n) is 2.87. The molecule has 27 heavy (non-hydrogen) atoms. The molecule has 0 saturated carbocycles. The molecule has 3 nitrogen and oxygen atoms in total. The number of hydrogen-bond acceptors (Lipinski definition) is 3. The van der Waals surface area contributed by atoms with Crippen molar-refractivity contribution in [1.82, 2.24) is 0 Å². The van der Waals surface area contributed by atoms with Crippen molar-refractivity contribution in [2.45, 2.75) is 51.9 Å². The number of hydrogen-bond donors (Lipinski definition) is 0. The summed E-state index contributed by atoms with van der Waals surface area (Å²) in [6.07, 6.45) is 10.3. The van der Waals surface area contributed by atoms with E-state index in [1.807, 2.05) is 12.1 Å². The number of esters is 2.